The molecule has 1 amide bonds. The third-order valence-electron chi connectivity index (χ3n) is 3.95. The summed E-state index contributed by atoms with van der Waals surface area (Å²) in [6, 6.07) is 4.23. The van der Waals surface area contributed by atoms with Gasteiger partial charge in [-0.1, -0.05) is 11.6 Å². The van der Waals surface area contributed by atoms with Crippen molar-refractivity contribution < 1.29 is 13.9 Å². The van der Waals surface area contributed by atoms with Gasteiger partial charge in [0.25, 0.3) is 0 Å². The predicted molar refractivity (Wildman–Crippen MR) is 91.7 cm³/mol. The first-order valence-electron chi connectivity index (χ1n) is 7.25. The van der Waals surface area contributed by atoms with Crippen LogP contribution in [0.2, 0.25) is 5.02 Å². The Morgan fingerprint density at radius 3 is 2.91 bits per heavy atom. The molecule has 2 rings (SSSR count). The van der Waals surface area contributed by atoms with Crippen LogP contribution < -0.4 is 11.1 Å². The number of amides is 1. The Morgan fingerprint density at radius 1 is 1.57 bits per heavy atom. The number of halogens is 3. The molecule has 2 atom stereocenters. The van der Waals surface area contributed by atoms with Gasteiger partial charge in [-0.15, -0.1) is 12.4 Å². The Bertz CT molecular complexity index is 533. The number of ether oxygens (including phenoxy) is 1. The summed E-state index contributed by atoms with van der Waals surface area (Å²) in [4.78, 5) is 14.2. The molecule has 23 heavy (non-hydrogen) atoms. The summed E-state index contributed by atoms with van der Waals surface area (Å²) in [5, 5.41) is 2.71. The van der Waals surface area contributed by atoms with Gasteiger partial charge in [0.1, 0.15) is 5.82 Å². The molecule has 0 aromatic heterocycles. The lowest BCUT2D eigenvalue weighted by Crippen LogP contribution is -2.50. The summed E-state index contributed by atoms with van der Waals surface area (Å²) in [6.45, 7) is 1.49. The van der Waals surface area contributed by atoms with E-state index < -0.39 is 5.82 Å². The van der Waals surface area contributed by atoms with E-state index in [0.29, 0.717) is 12.2 Å². The number of anilines is 1. The van der Waals surface area contributed by atoms with E-state index >= 15 is 0 Å². The molecular formula is C15H22Cl2FN3O2. The van der Waals surface area contributed by atoms with Crippen molar-refractivity contribution in [2.75, 3.05) is 32.1 Å². The summed E-state index contributed by atoms with van der Waals surface area (Å²) < 4.78 is 18.5. The zero-order valence-corrected chi connectivity index (χ0v) is 14.5. The standard InChI is InChI=1S/C15H21ClFN3O2.ClH/c1-22-12-4-5-20(11(7-12)8-18)9-15(21)19-10-2-3-14(17)13(16)6-10;/h2-3,6,11-12H,4-5,7-9,18H2,1H3,(H,19,21);1H. The van der Waals surface area contributed by atoms with E-state index in [0.717, 1.165) is 19.4 Å². The van der Waals surface area contributed by atoms with Gasteiger partial charge in [-0.25, -0.2) is 4.39 Å². The molecule has 0 aliphatic carbocycles. The molecule has 0 bridgehead atoms. The predicted octanol–water partition coefficient (Wildman–Crippen LogP) is 2.28. The van der Waals surface area contributed by atoms with Gasteiger partial charge in [0, 0.05) is 31.9 Å². The molecule has 1 aromatic rings. The number of carbonyl (C=O) groups is 1. The van der Waals surface area contributed by atoms with Crippen LogP contribution in [-0.4, -0.2) is 49.7 Å². The largest absolute Gasteiger partial charge is 0.381 e. The third-order valence-corrected chi connectivity index (χ3v) is 4.23. The van der Waals surface area contributed by atoms with Crippen molar-refractivity contribution >= 4 is 35.6 Å². The first-order chi connectivity index (χ1) is 10.5. The number of hydrogen-bond donors (Lipinski definition) is 2. The van der Waals surface area contributed by atoms with Crippen molar-refractivity contribution in [1.82, 2.24) is 4.90 Å². The number of likely N-dealkylation sites (tertiary alicyclic amines) is 1. The highest BCUT2D eigenvalue weighted by atomic mass is 35.5. The molecule has 8 heteroatoms. The number of methoxy groups -OCH3 is 1. The number of nitrogens with zero attached hydrogens (tertiary/aromatic N) is 1. The fourth-order valence-electron chi connectivity index (χ4n) is 2.69. The van der Waals surface area contributed by atoms with Crippen molar-refractivity contribution in [2.24, 2.45) is 5.73 Å². The van der Waals surface area contributed by atoms with E-state index in [9.17, 15) is 9.18 Å². The minimum Gasteiger partial charge on any atom is -0.381 e. The number of carbonyl (C=O) groups excluding carboxylic acids is 1. The highest BCUT2D eigenvalue weighted by Crippen LogP contribution is 2.21. The molecular weight excluding hydrogens is 344 g/mol. The van der Waals surface area contributed by atoms with E-state index in [1.54, 1.807) is 7.11 Å². The maximum Gasteiger partial charge on any atom is 0.238 e. The summed E-state index contributed by atoms with van der Waals surface area (Å²) >= 11 is 5.70. The maximum atomic E-state index is 13.1. The van der Waals surface area contributed by atoms with Crippen LogP contribution in [0.1, 0.15) is 12.8 Å². The van der Waals surface area contributed by atoms with E-state index in [1.165, 1.54) is 18.2 Å². The third kappa shape index (κ3) is 5.58. The normalized spacial score (nSPS) is 21.6. The van der Waals surface area contributed by atoms with Crippen LogP contribution in [0.25, 0.3) is 0 Å². The highest BCUT2D eigenvalue weighted by Gasteiger charge is 2.28. The fourth-order valence-corrected chi connectivity index (χ4v) is 2.87. The summed E-state index contributed by atoms with van der Waals surface area (Å²) in [7, 11) is 1.69. The average Bonchev–Trinajstić information content (AvgIpc) is 2.51. The molecule has 1 heterocycles. The van der Waals surface area contributed by atoms with Crippen molar-refractivity contribution in [3.05, 3.63) is 29.0 Å². The second kappa shape index (κ2) is 9.39. The van der Waals surface area contributed by atoms with Crippen LogP contribution >= 0.6 is 24.0 Å². The zero-order chi connectivity index (χ0) is 16.1. The Hall–Kier alpha value is -0.920. The van der Waals surface area contributed by atoms with Gasteiger partial charge in [-0.05, 0) is 31.0 Å². The number of rotatable bonds is 5. The Labute approximate surface area is 146 Å². The maximum absolute atomic E-state index is 13.1. The quantitative estimate of drug-likeness (QED) is 0.839. The highest BCUT2D eigenvalue weighted by molar-refractivity contribution is 6.31. The lowest BCUT2D eigenvalue weighted by Gasteiger charge is -2.37. The number of benzene rings is 1. The molecule has 0 spiro atoms. The van der Waals surface area contributed by atoms with Gasteiger partial charge in [-0.2, -0.15) is 0 Å². The first-order valence-corrected chi connectivity index (χ1v) is 7.63. The number of hydrogen-bond acceptors (Lipinski definition) is 4. The minimum atomic E-state index is -0.510. The Morgan fingerprint density at radius 2 is 2.30 bits per heavy atom. The molecule has 3 N–H and O–H groups in total. The molecule has 5 nitrogen and oxygen atoms in total. The van der Waals surface area contributed by atoms with E-state index in [-0.39, 0.29) is 42.0 Å². The average molecular weight is 366 g/mol. The molecule has 0 radical (unpaired) electrons. The van der Waals surface area contributed by atoms with Gasteiger partial charge in [0.2, 0.25) is 5.91 Å². The van der Waals surface area contributed by atoms with Gasteiger partial charge in [0.05, 0.1) is 17.7 Å². The van der Waals surface area contributed by atoms with Crippen molar-refractivity contribution in [3.8, 4) is 0 Å². The van der Waals surface area contributed by atoms with Crippen LogP contribution in [0.5, 0.6) is 0 Å². The lowest BCUT2D eigenvalue weighted by molar-refractivity contribution is -0.118. The number of nitrogens with two attached hydrogens (primary N) is 1. The van der Waals surface area contributed by atoms with Gasteiger partial charge >= 0.3 is 0 Å². The molecule has 1 fully saturated rings. The lowest BCUT2D eigenvalue weighted by atomic mass is 9.99. The van der Waals surface area contributed by atoms with E-state index in [1.807, 2.05) is 0 Å². The smallest absolute Gasteiger partial charge is 0.238 e. The molecule has 1 aliphatic heterocycles. The molecule has 1 saturated heterocycles. The second-order valence-corrected chi connectivity index (χ2v) is 5.83. The van der Waals surface area contributed by atoms with E-state index in [4.69, 9.17) is 22.1 Å². The monoisotopic (exact) mass is 365 g/mol. The number of piperidine rings is 1. The molecule has 1 aromatic carbocycles. The summed E-state index contributed by atoms with van der Waals surface area (Å²) in [6.07, 6.45) is 1.90. The van der Waals surface area contributed by atoms with Gasteiger partial charge in [0.15, 0.2) is 0 Å². The van der Waals surface area contributed by atoms with Gasteiger partial charge < -0.3 is 15.8 Å². The molecule has 2 unspecified atom stereocenters. The number of nitrogens with one attached hydrogen (secondary N) is 1. The summed E-state index contributed by atoms with van der Waals surface area (Å²) in [5.41, 5.74) is 6.27. The topological polar surface area (TPSA) is 67.6 Å². The van der Waals surface area contributed by atoms with Crippen molar-refractivity contribution in [2.45, 2.75) is 25.0 Å². The van der Waals surface area contributed by atoms with Crippen LogP contribution in [-0.2, 0) is 9.53 Å². The first kappa shape index (κ1) is 20.1. The van der Waals surface area contributed by atoms with E-state index in [2.05, 4.69) is 10.2 Å². The van der Waals surface area contributed by atoms with Crippen molar-refractivity contribution in [3.63, 3.8) is 0 Å². The minimum absolute atomic E-state index is 0. The van der Waals surface area contributed by atoms with Crippen LogP contribution in [0, 0.1) is 5.82 Å². The Balaban J connectivity index is 0.00000264. The Kier molecular flexibility index (Phi) is 8.22. The zero-order valence-electron chi connectivity index (χ0n) is 12.9. The molecule has 130 valence electrons. The summed E-state index contributed by atoms with van der Waals surface area (Å²) in [5.74, 6) is -0.679. The molecule has 0 saturated carbocycles. The van der Waals surface area contributed by atoms with Crippen molar-refractivity contribution in [1.29, 1.82) is 0 Å². The second-order valence-electron chi connectivity index (χ2n) is 5.42. The van der Waals surface area contributed by atoms with Crippen LogP contribution in [0.15, 0.2) is 18.2 Å². The fraction of sp³-hybridized carbons (Fsp3) is 0.533. The molecule has 1 aliphatic rings. The van der Waals surface area contributed by atoms with Crippen LogP contribution in [0.3, 0.4) is 0 Å². The van der Waals surface area contributed by atoms with Crippen LogP contribution in [0.4, 0.5) is 10.1 Å². The van der Waals surface area contributed by atoms with Gasteiger partial charge in [-0.3, -0.25) is 9.69 Å². The SMILES string of the molecule is COC1CCN(CC(=O)Nc2ccc(F)c(Cl)c2)C(CN)C1.Cl.